The average Bonchev–Trinajstić information content (AvgIpc) is 3.14. The number of nitrogens with one attached hydrogen (secondary N) is 1. The highest BCUT2D eigenvalue weighted by molar-refractivity contribution is 7.92. The smallest absolute Gasteiger partial charge is 0.305 e. The van der Waals surface area contributed by atoms with Gasteiger partial charge in [-0.1, -0.05) is 63.1 Å². The number of carboxylic acids is 1. The summed E-state index contributed by atoms with van der Waals surface area (Å²) in [5.74, 6) is -1.86. The molecule has 2 aliphatic rings. The molecule has 38 heavy (non-hydrogen) atoms. The molecule has 0 aromatic heterocycles. The van der Waals surface area contributed by atoms with E-state index in [2.05, 4.69) is 4.72 Å². The minimum absolute atomic E-state index is 0.000525. The molecular weight excluding hydrogens is 512 g/mol. The van der Waals surface area contributed by atoms with E-state index in [9.17, 15) is 22.8 Å². The summed E-state index contributed by atoms with van der Waals surface area (Å²) >= 11 is 0. The fourth-order valence-corrected chi connectivity index (χ4v) is 5.94. The van der Waals surface area contributed by atoms with E-state index in [0.717, 1.165) is 30.1 Å². The highest BCUT2D eigenvalue weighted by atomic mass is 32.2. The molecule has 2 amide bonds. The first kappa shape index (κ1) is 27.6. The molecule has 2 aromatic rings. The Balaban J connectivity index is 1.49. The van der Waals surface area contributed by atoms with E-state index in [0.29, 0.717) is 0 Å². The van der Waals surface area contributed by atoms with Crippen LogP contribution in [0.3, 0.4) is 0 Å². The first-order chi connectivity index (χ1) is 18.3. The predicted octanol–water partition coefficient (Wildman–Crippen LogP) is 4.62. The number of imide groups is 1. The van der Waals surface area contributed by atoms with E-state index in [1.54, 1.807) is 18.2 Å². The summed E-state index contributed by atoms with van der Waals surface area (Å²) in [6, 6.07) is 10.1. The van der Waals surface area contributed by atoms with Gasteiger partial charge in [0.1, 0.15) is 0 Å². The van der Waals surface area contributed by atoms with Crippen LogP contribution >= 0.6 is 0 Å². The van der Waals surface area contributed by atoms with Crippen LogP contribution in [0.2, 0.25) is 0 Å². The van der Waals surface area contributed by atoms with Gasteiger partial charge in [-0.05, 0) is 30.5 Å². The molecule has 10 nitrogen and oxygen atoms in total. The molecule has 1 aliphatic heterocycles. The number of hydrogen-bond donors (Lipinski definition) is 2. The van der Waals surface area contributed by atoms with Gasteiger partial charge >= 0.3 is 5.97 Å². The van der Waals surface area contributed by atoms with Crippen molar-refractivity contribution in [1.82, 2.24) is 4.90 Å². The third kappa shape index (κ3) is 6.70. The van der Waals surface area contributed by atoms with Gasteiger partial charge in [-0.3, -0.25) is 24.0 Å². The minimum Gasteiger partial charge on any atom is -0.481 e. The van der Waals surface area contributed by atoms with E-state index in [1.807, 2.05) is 0 Å². The average molecular weight is 545 g/mol. The summed E-state index contributed by atoms with van der Waals surface area (Å²) in [5, 5.41) is 8.96. The Kier molecular flexibility index (Phi) is 9.01. The number of rotatable bonds is 13. The lowest BCUT2D eigenvalue weighted by atomic mass is 9.86. The molecule has 1 heterocycles. The summed E-state index contributed by atoms with van der Waals surface area (Å²) in [6.45, 7) is -0.0350. The van der Waals surface area contributed by atoms with Gasteiger partial charge < -0.3 is 9.99 Å². The maximum Gasteiger partial charge on any atom is 0.305 e. The number of benzene rings is 2. The standard InChI is InChI=1S/C27H32N2O8S/c30-25(31)14-15-29-26(32)21-17-23(28-38(34,35)20-12-5-2-6-13-20)24(18-22(21)27(29)33)37-36-16-8-7-11-19-9-3-1-4-10-19/h2,5-6,12-13,17-19,28H,1,3-4,7-11,14-16H2,(H,30,31). The van der Waals surface area contributed by atoms with Gasteiger partial charge in [0.05, 0.1) is 34.7 Å². The molecule has 2 aromatic carbocycles. The number of anilines is 1. The number of fused-ring (bicyclic) bond motifs is 1. The summed E-state index contributed by atoms with van der Waals surface area (Å²) in [5.41, 5.74) is -0.138. The molecule has 0 atom stereocenters. The number of aliphatic carboxylic acids is 1. The number of unbranched alkanes of at least 4 members (excludes halogenated alkanes) is 1. The topological polar surface area (TPSA) is 139 Å². The van der Waals surface area contributed by atoms with Crippen molar-refractivity contribution in [3.8, 4) is 5.75 Å². The fraction of sp³-hybridized carbons (Fsp3) is 0.444. The lowest BCUT2D eigenvalue weighted by Gasteiger charge is -2.21. The van der Waals surface area contributed by atoms with E-state index in [-0.39, 0.29) is 40.6 Å². The second-order valence-corrected chi connectivity index (χ2v) is 11.3. The number of amides is 2. The second-order valence-electron chi connectivity index (χ2n) is 9.62. The van der Waals surface area contributed by atoms with Crippen molar-refractivity contribution in [2.24, 2.45) is 5.92 Å². The van der Waals surface area contributed by atoms with Gasteiger partial charge in [-0.25, -0.2) is 8.42 Å². The normalized spacial score (nSPS) is 15.9. The molecular formula is C27H32N2O8S. The molecule has 0 saturated heterocycles. The molecule has 4 rings (SSSR count). The Labute approximate surface area is 221 Å². The van der Waals surface area contributed by atoms with Crippen LogP contribution in [0.4, 0.5) is 5.69 Å². The summed E-state index contributed by atoms with van der Waals surface area (Å²) < 4.78 is 28.4. The van der Waals surface area contributed by atoms with E-state index in [1.165, 1.54) is 56.4 Å². The van der Waals surface area contributed by atoms with Gasteiger partial charge in [0.15, 0.2) is 5.75 Å². The number of carbonyl (C=O) groups excluding carboxylic acids is 2. The first-order valence-corrected chi connectivity index (χ1v) is 14.4. The lowest BCUT2D eigenvalue weighted by molar-refractivity contribution is -0.206. The molecule has 0 spiro atoms. The maximum atomic E-state index is 13.0. The molecule has 1 fully saturated rings. The monoisotopic (exact) mass is 544 g/mol. The van der Waals surface area contributed by atoms with E-state index < -0.39 is 34.2 Å². The predicted molar refractivity (Wildman–Crippen MR) is 138 cm³/mol. The number of hydrogen-bond acceptors (Lipinski definition) is 7. The van der Waals surface area contributed by atoms with Gasteiger partial charge in [-0.2, -0.15) is 4.89 Å². The third-order valence-corrected chi connectivity index (χ3v) is 8.26. The molecule has 11 heteroatoms. The largest absolute Gasteiger partial charge is 0.481 e. The zero-order chi connectivity index (χ0) is 27.1. The van der Waals surface area contributed by atoms with Gasteiger partial charge in [0, 0.05) is 12.6 Å². The highest BCUT2D eigenvalue weighted by Crippen LogP contribution is 2.35. The summed E-state index contributed by atoms with van der Waals surface area (Å²) in [7, 11) is -4.04. The molecule has 1 aliphatic carbocycles. The van der Waals surface area contributed by atoms with Crippen molar-refractivity contribution >= 4 is 33.5 Å². The molecule has 204 valence electrons. The Bertz CT molecular complexity index is 1270. The summed E-state index contributed by atoms with van der Waals surface area (Å²) in [4.78, 5) is 48.3. The van der Waals surface area contributed by atoms with Crippen LogP contribution < -0.4 is 9.61 Å². The van der Waals surface area contributed by atoms with Gasteiger partial charge in [0.25, 0.3) is 21.8 Å². The van der Waals surface area contributed by atoms with E-state index >= 15 is 0 Å². The van der Waals surface area contributed by atoms with Crippen molar-refractivity contribution in [1.29, 1.82) is 0 Å². The number of sulfonamides is 1. The van der Waals surface area contributed by atoms with Crippen LogP contribution in [-0.4, -0.2) is 49.4 Å². The quantitative estimate of drug-likeness (QED) is 0.161. The third-order valence-electron chi connectivity index (χ3n) is 6.88. The number of nitrogens with zero attached hydrogens (tertiary/aromatic N) is 1. The zero-order valence-corrected chi connectivity index (χ0v) is 21.9. The SMILES string of the molecule is O=C(O)CCN1C(=O)c2cc(NS(=O)(=O)c3ccccc3)c(OOCCCCC3CCCCC3)cc2C1=O. The van der Waals surface area contributed by atoms with E-state index in [4.69, 9.17) is 14.9 Å². The maximum absolute atomic E-state index is 13.0. The van der Waals surface area contributed by atoms with Crippen LogP contribution in [0.5, 0.6) is 5.75 Å². The van der Waals surface area contributed by atoms with Crippen LogP contribution in [0.15, 0.2) is 47.4 Å². The van der Waals surface area contributed by atoms with Gasteiger partial charge in [-0.15, -0.1) is 0 Å². The number of carbonyl (C=O) groups is 3. The Morgan fingerprint density at radius 2 is 1.68 bits per heavy atom. The highest BCUT2D eigenvalue weighted by Gasteiger charge is 2.37. The van der Waals surface area contributed by atoms with Crippen molar-refractivity contribution in [3.05, 3.63) is 53.6 Å². The van der Waals surface area contributed by atoms with Crippen molar-refractivity contribution in [2.45, 2.75) is 62.7 Å². The van der Waals surface area contributed by atoms with Crippen molar-refractivity contribution in [2.75, 3.05) is 17.9 Å². The first-order valence-electron chi connectivity index (χ1n) is 12.9. The van der Waals surface area contributed by atoms with Crippen LogP contribution in [0.25, 0.3) is 0 Å². The lowest BCUT2D eigenvalue weighted by Crippen LogP contribution is -2.31. The minimum atomic E-state index is -4.04. The molecule has 2 N–H and O–H groups in total. The van der Waals surface area contributed by atoms with Crippen LogP contribution in [0.1, 0.15) is 78.5 Å². The van der Waals surface area contributed by atoms with Crippen molar-refractivity contribution < 1.29 is 37.7 Å². The zero-order valence-electron chi connectivity index (χ0n) is 21.1. The van der Waals surface area contributed by atoms with Crippen molar-refractivity contribution in [3.63, 3.8) is 0 Å². The Morgan fingerprint density at radius 1 is 1.00 bits per heavy atom. The second kappa shape index (κ2) is 12.4. The van der Waals surface area contributed by atoms with Crippen LogP contribution in [0, 0.1) is 5.92 Å². The Morgan fingerprint density at radius 3 is 2.37 bits per heavy atom. The summed E-state index contributed by atoms with van der Waals surface area (Å²) in [6.07, 6.45) is 8.90. The van der Waals surface area contributed by atoms with Crippen LogP contribution in [-0.2, 0) is 19.7 Å². The number of carboxylic acid groups (broad SMARTS) is 1. The molecule has 1 saturated carbocycles. The molecule has 0 bridgehead atoms. The fourth-order valence-electron chi connectivity index (χ4n) is 4.85. The Hall–Kier alpha value is -3.44. The molecule has 0 radical (unpaired) electrons. The van der Waals surface area contributed by atoms with Gasteiger partial charge in [0.2, 0.25) is 0 Å². The molecule has 0 unspecified atom stereocenters.